The molecule has 0 atom stereocenters. The lowest BCUT2D eigenvalue weighted by atomic mass is 10.2. The van der Waals surface area contributed by atoms with Gasteiger partial charge in [-0.25, -0.2) is 0 Å². The monoisotopic (exact) mass is 272 g/mol. The normalized spacial score (nSPS) is 10.9. The molecular formula is C12H17ClN2O3. The fourth-order valence-electron chi connectivity index (χ4n) is 1.61. The molecule has 0 amide bonds. The fourth-order valence-corrected chi connectivity index (χ4v) is 1.78. The van der Waals surface area contributed by atoms with Crippen molar-refractivity contribution in [2.75, 3.05) is 26.8 Å². The van der Waals surface area contributed by atoms with Crippen LogP contribution in [0.25, 0.3) is 0 Å². The molecular weight excluding hydrogens is 256 g/mol. The maximum atomic E-state index is 10.7. The molecule has 0 aromatic heterocycles. The second kappa shape index (κ2) is 7.31. The average Bonchev–Trinajstić information content (AvgIpc) is 2.36. The van der Waals surface area contributed by atoms with E-state index >= 15 is 0 Å². The molecule has 0 N–H and O–H groups in total. The standard InChI is InChI=1S/C12H17ClN2O3/c1-3-14(6-7-18-2)9-10-8-11(15(16)17)4-5-12(10)13/h4-5,8H,3,6-7,9H2,1-2H3. The minimum Gasteiger partial charge on any atom is -0.383 e. The Morgan fingerprint density at radius 3 is 2.78 bits per heavy atom. The quantitative estimate of drug-likeness (QED) is 0.566. The summed E-state index contributed by atoms with van der Waals surface area (Å²) in [7, 11) is 1.65. The van der Waals surface area contributed by atoms with Gasteiger partial charge in [0.1, 0.15) is 0 Å². The Morgan fingerprint density at radius 1 is 1.50 bits per heavy atom. The number of hydrogen-bond donors (Lipinski definition) is 0. The smallest absolute Gasteiger partial charge is 0.269 e. The number of likely N-dealkylation sites (N-methyl/N-ethyl adjacent to an activating group) is 1. The minimum absolute atomic E-state index is 0.0668. The zero-order valence-electron chi connectivity index (χ0n) is 10.6. The van der Waals surface area contributed by atoms with Gasteiger partial charge < -0.3 is 4.74 Å². The molecule has 0 saturated carbocycles. The van der Waals surface area contributed by atoms with Crippen molar-refractivity contribution in [3.8, 4) is 0 Å². The second-order valence-corrected chi connectivity index (χ2v) is 4.30. The van der Waals surface area contributed by atoms with Crippen LogP contribution in [-0.4, -0.2) is 36.6 Å². The van der Waals surface area contributed by atoms with Crippen LogP contribution in [-0.2, 0) is 11.3 Å². The van der Waals surface area contributed by atoms with Crippen molar-refractivity contribution < 1.29 is 9.66 Å². The summed E-state index contributed by atoms with van der Waals surface area (Å²) in [4.78, 5) is 12.4. The van der Waals surface area contributed by atoms with E-state index in [2.05, 4.69) is 4.90 Å². The van der Waals surface area contributed by atoms with E-state index in [9.17, 15) is 10.1 Å². The van der Waals surface area contributed by atoms with E-state index in [4.69, 9.17) is 16.3 Å². The summed E-state index contributed by atoms with van der Waals surface area (Å²) in [5, 5.41) is 11.3. The van der Waals surface area contributed by atoms with Gasteiger partial charge in [-0.15, -0.1) is 0 Å². The summed E-state index contributed by atoms with van der Waals surface area (Å²) in [5.41, 5.74) is 0.834. The molecule has 0 aliphatic heterocycles. The van der Waals surface area contributed by atoms with Crippen molar-refractivity contribution in [1.29, 1.82) is 0 Å². The van der Waals surface area contributed by atoms with Gasteiger partial charge in [-0.1, -0.05) is 18.5 Å². The number of non-ortho nitro benzene ring substituents is 1. The van der Waals surface area contributed by atoms with Crippen molar-refractivity contribution in [2.45, 2.75) is 13.5 Å². The Labute approximate surface area is 111 Å². The van der Waals surface area contributed by atoms with Crippen LogP contribution < -0.4 is 0 Å². The van der Waals surface area contributed by atoms with Crippen molar-refractivity contribution in [2.24, 2.45) is 0 Å². The summed E-state index contributed by atoms with van der Waals surface area (Å²) in [6.45, 7) is 4.84. The van der Waals surface area contributed by atoms with E-state index in [0.29, 0.717) is 18.2 Å². The van der Waals surface area contributed by atoms with Gasteiger partial charge in [-0.3, -0.25) is 15.0 Å². The van der Waals surface area contributed by atoms with Crippen molar-refractivity contribution >= 4 is 17.3 Å². The first-order valence-corrected chi connectivity index (χ1v) is 6.10. The van der Waals surface area contributed by atoms with Crippen LogP contribution in [0.5, 0.6) is 0 Å². The molecule has 0 radical (unpaired) electrons. The molecule has 100 valence electrons. The van der Waals surface area contributed by atoms with E-state index in [1.165, 1.54) is 12.1 Å². The zero-order valence-corrected chi connectivity index (χ0v) is 11.3. The highest BCUT2D eigenvalue weighted by Crippen LogP contribution is 2.23. The SMILES string of the molecule is CCN(CCOC)Cc1cc([N+](=O)[O-])ccc1Cl. The molecule has 1 aromatic rings. The second-order valence-electron chi connectivity index (χ2n) is 3.89. The Morgan fingerprint density at radius 2 is 2.22 bits per heavy atom. The Bertz CT molecular complexity index is 412. The van der Waals surface area contributed by atoms with Crippen LogP contribution in [0, 0.1) is 10.1 Å². The first kappa shape index (κ1) is 14.9. The molecule has 0 aliphatic rings. The lowest BCUT2D eigenvalue weighted by Crippen LogP contribution is -2.26. The first-order chi connectivity index (χ1) is 8.58. The number of nitro groups is 1. The third-order valence-electron chi connectivity index (χ3n) is 2.69. The third kappa shape index (κ3) is 4.25. The van der Waals surface area contributed by atoms with E-state index in [1.807, 2.05) is 6.92 Å². The zero-order chi connectivity index (χ0) is 13.5. The van der Waals surface area contributed by atoms with Crippen LogP contribution >= 0.6 is 11.6 Å². The maximum absolute atomic E-state index is 10.7. The van der Waals surface area contributed by atoms with E-state index < -0.39 is 4.92 Å². The molecule has 1 rings (SSSR count). The molecule has 0 aliphatic carbocycles. The van der Waals surface area contributed by atoms with Gasteiger partial charge in [-0.05, 0) is 18.2 Å². The van der Waals surface area contributed by atoms with E-state index in [1.54, 1.807) is 13.2 Å². The molecule has 0 heterocycles. The molecule has 0 saturated heterocycles. The van der Waals surface area contributed by atoms with Gasteiger partial charge in [0.05, 0.1) is 11.5 Å². The molecule has 0 unspecified atom stereocenters. The minimum atomic E-state index is -0.411. The number of benzene rings is 1. The predicted molar refractivity (Wildman–Crippen MR) is 70.9 cm³/mol. The van der Waals surface area contributed by atoms with Crippen LogP contribution in [0.4, 0.5) is 5.69 Å². The van der Waals surface area contributed by atoms with Gasteiger partial charge >= 0.3 is 0 Å². The number of ether oxygens (including phenoxy) is 1. The van der Waals surface area contributed by atoms with Crippen molar-refractivity contribution in [3.63, 3.8) is 0 Å². The molecule has 18 heavy (non-hydrogen) atoms. The Balaban J connectivity index is 2.80. The molecule has 1 aromatic carbocycles. The maximum Gasteiger partial charge on any atom is 0.269 e. The molecule has 5 nitrogen and oxygen atoms in total. The van der Waals surface area contributed by atoms with Crippen LogP contribution in [0.15, 0.2) is 18.2 Å². The summed E-state index contributed by atoms with van der Waals surface area (Å²) < 4.78 is 5.02. The van der Waals surface area contributed by atoms with E-state index in [-0.39, 0.29) is 5.69 Å². The van der Waals surface area contributed by atoms with Gasteiger partial charge in [0.2, 0.25) is 0 Å². The molecule has 0 bridgehead atoms. The average molecular weight is 273 g/mol. The number of methoxy groups -OCH3 is 1. The van der Waals surface area contributed by atoms with Gasteiger partial charge in [0.25, 0.3) is 5.69 Å². The fraction of sp³-hybridized carbons (Fsp3) is 0.500. The van der Waals surface area contributed by atoms with Crippen LogP contribution in [0.2, 0.25) is 5.02 Å². The molecule has 6 heteroatoms. The summed E-state index contributed by atoms with van der Waals surface area (Å²) in [6.07, 6.45) is 0. The van der Waals surface area contributed by atoms with E-state index in [0.717, 1.165) is 18.7 Å². The summed E-state index contributed by atoms with van der Waals surface area (Å²) >= 11 is 6.06. The molecule has 0 spiro atoms. The van der Waals surface area contributed by atoms with Crippen LogP contribution in [0.1, 0.15) is 12.5 Å². The van der Waals surface area contributed by atoms with Crippen molar-refractivity contribution in [3.05, 3.63) is 38.9 Å². The van der Waals surface area contributed by atoms with Crippen LogP contribution in [0.3, 0.4) is 0 Å². The van der Waals surface area contributed by atoms with Gasteiger partial charge in [-0.2, -0.15) is 0 Å². The number of nitro benzene ring substituents is 1. The molecule has 0 fully saturated rings. The highest BCUT2D eigenvalue weighted by molar-refractivity contribution is 6.31. The largest absolute Gasteiger partial charge is 0.383 e. The number of halogens is 1. The summed E-state index contributed by atoms with van der Waals surface area (Å²) in [5.74, 6) is 0. The highest BCUT2D eigenvalue weighted by atomic mass is 35.5. The van der Waals surface area contributed by atoms with Crippen molar-refractivity contribution in [1.82, 2.24) is 4.90 Å². The number of rotatable bonds is 7. The lowest BCUT2D eigenvalue weighted by Gasteiger charge is -2.20. The predicted octanol–water partition coefficient (Wildman–Crippen LogP) is 2.72. The first-order valence-electron chi connectivity index (χ1n) is 5.72. The summed E-state index contributed by atoms with van der Waals surface area (Å²) in [6, 6.07) is 4.51. The lowest BCUT2D eigenvalue weighted by molar-refractivity contribution is -0.384. The topological polar surface area (TPSA) is 55.6 Å². The highest BCUT2D eigenvalue weighted by Gasteiger charge is 2.12. The Kier molecular flexibility index (Phi) is 6.04. The van der Waals surface area contributed by atoms with Gasteiger partial charge in [0, 0.05) is 37.4 Å². The third-order valence-corrected chi connectivity index (χ3v) is 3.06. The Hall–Kier alpha value is -1.17. The number of nitrogens with zero attached hydrogens (tertiary/aromatic N) is 2. The number of hydrogen-bond acceptors (Lipinski definition) is 4. The van der Waals surface area contributed by atoms with Gasteiger partial charge in [0.15, 0.2) is 0 Å².